The van der Waals surface area contributed by atoms with Crippen LogP contribution in [0.3, 0.4) is 0 Å². The number of carbonyl (C=O) groups is 1. The molecule has 2 rings (SSSR count). The number of hydrogen-bond acceptors (Lipinski definition) is 5. The van der Waals surface area contributed by atoms with E-state index in [0.29, 0.717) is 0 Å². The number of carboxylic acid groups (broad SMARTS) is 1. The molecule has 1 aromatic rings. The number of carboxylic acids is 1. The second-order valence-corrected chi connectivity index (χ2v) is 5.06. The summed E-state index contributed by atoms with van der Waals surface area (Å²) < 4.78 is 13.3. The lowest BCUT2D eigenvalue weighted by molar-refractivity contribution is -0.387. The molecule has 1 fully saturated rings. The molecule has 8 heteroatoms. The lowest BCUT2D eigenvalue weighted by Crippen LogP contribution is -2.38. The molecule has 0 radical (unpaired) electrons. The van der Waals surface area contributed by atoms with Crippen molar-refractivity contribution >= 4 is 11.7 Å². The van der Waals surface area contributed by atoms with Gasteiger partial charge in [-0.05, 0) is 24.5 Å². The summed E-state index contributed by atoms with van der Waals surface area (Å²) >= 11 is 0. The zero-order valence-corrected chi connectivity index (χ0v) is 11.0. The fourth-order valence-corrected chi connectivity index (χ4v) is 2.09. The van der Waals surface area contributed by atoms with Crippen LogP contribution in [0, 0.1) is 15.9 Å². The Labute approximate surface area is 119 Å². The number of nitro groups is 1. The Kier molecular flexibility index (Phi) is 4.49. The molecule has 7 nitrogen and oxygen atoms in total. The van der Waals surface area contributed by atoms with Gasteiger partial charge in [-0.2, -0.15) is 4.39 Å². The van der Waals surface area contributed by atoms with Gasteiger partial charge in [0.2, 0.25) is 5.82 Å². The predicted octanol–water partition coefficient (Wildman–Crippen LogP) is 1.36. The highest BCUT2D eigenvalue weighted by Crippen LogP contribution is 2.28. The molecule has 0 heterocycles. The minimum Gasteiger partial charge on any atom is -0.481 e. The third-order valence-corrected chi connectivity index (χ3v) is 3.31. The minimum atomic E-state index is -1.26. The number of nitro benzene ring substituents is 1. The van der Waals surface area contributed by atoms with Crippen LogP contribution in [0.5, 0.6) is 0 Å². The molecular formula is C13H15FN2O5. The number of aliphatic carboxylic acids is 1. The third kappa shape index (κ3) is 3.96. The Morgan fingerprint density at radius 2 is 2.19 bits per heavy atom. The van der Waals surface area contributed by atoms with E-state index in [1.807, 2.05) is 0 Å². The van der Waals surface area contributed by atoms with E-state index >= 15 is 0 Å². The maximum Gasteiger partial charge on any atom is 0.305 e. The average molecular weight is 298 g/mol. The molecule has 1 aromatic carbocycles. The topological polar surface area (TPSA) is 113 Å². The summed E-state index contributed by atoms with van der Waals surface area (Å²) in [6, 6.07) is 2.42. The van der Waals surface area contributed by atoms with Crippen LogP contribution in [0.1, 0.15) is 30.9 Å². The zero-order chi connectivity index (χ0) is 15.6. The van der Waals surface area contributed by atoms with E-state index in [2.05, 4.69) is 5.32 Å². The summed E-state index contributed by atoms with van der Waals surface area (Å²) in [6.45, 7) is 0. The lowest BCUT2D eigenvalue weighted by Gasteiger charge is -2.23. The Morgan fingerprint density at radius 3 is 2.71 bits per heavy atom. The summed E-state index contributed by atoms with van der Waals surface area (Å²) in [5, 5.41) is 32.8. The van der Waals surface area contributed by atoms with E-state index in [-0.39, 0.29) is 18.0 Å². The summed E-state index contributed by atoms with van der Waals surface area (Å²) in [6.07, 6.45) is 0.197. The highest BCUT2D eigenvalue weighted by molar-refractivity contribution is 5.67. The summed E-state index contributed by atoms with van der Waals surface area (Å²) in [5.74, 6) is -2.09. The van der Waals surface area contributed by atoms with Crippen LogP contribution in [0.15, 0.2) is 18.2 Å². The number of aliphatic hydroxyl groups excluding tert-OH is 1. The molecule has 0 spiro atoms. The van der Waals surface area contributed by atoms with Crippen LogP contribution in [-0.4, -0.2) is 33.2 Å². The Bertz CT molecular complexity index is 561. The number of halogens is 1. The molecule has 3 N–H and O–H groups in total. The first-order valence-electron chi connectivity index (χ1n) is 6.48. The Hall–Kier alpha value is -2.06. The Morgan fingerprint density at radius 1 is 1.52 bits per heavy atom. The van der Waals surface area contributed by atoms with Gasteiger partial charge in [-0.3, -0.25) is 14.9 Å². The zero-order valence-electron chi connectivity index (χ0n) is 11.0. The molecule has 0 aromatic heterocycles. The van der Waals surface area contributed by atoms with E-state index in [4.69, 9.17) is 5.11 Å². The van der Waals surface area contributed by atoms with Gasteiger partial charge in [-0.1, -0.05) is 6.07 Å². The largest absolute Gasteiger partial charge is 0.481 e. The number of rotatable bonds is 7. The maximum absolute atomic E-state index is 13.3. The van der Waals surface area contributed by atoms with Gasteiger partial charge >= 0.3 is 11.7 Å². The van der Waals surface area contributed by atoms with Crippen LogP contribution < -0.4 is 5.32 Å². The molecule has 0 amide bonds. The molecule has 1 aliphatic carbocycles. The van der Waals surface area contributed by atoms with Gasteiger partial charge < -0.3 is 15.5 Å². The van der Waals surface area contributed by atoms with Crippen molar-refractivity contribution in [3.63, 3.8) is 0 Å². The number of nitrogens with one attached hydrogen (secondary N) is 1. The van der Waals surface area contributed by atoms with Gasteiger partial charge in [-0.25, -0.2) is 0 Å². The number of nitrogens with zero attached hydrogens (tertiary/aromatic N) is 1. The quantitative estimate of drug-likeness (QED) is 0.517. The second kappa shape index (κ2) is 6.15. The van der Waals surface area contributed by atoms with Gasteiger partial charge in [0, 0.05) is 18.2 Å². The van der Waals surface area contributed by atoms with Gasteiger partial charge in [0.15, 0.2) is 0 Å². The summed E-state index contributed by atoms with van der Waals surface area (Å²) in [7, 11) is 0. The normalized spacial score (nSPS) is 17.2. The van der Waals surface area contributed by atoms with Crippen LogP contribution in [-0.2, 0) is 4.79 Å². The van der Waals surface area contributed by atoms with E-state index in [0.717, 1.165) is 25.0 Å². The molecule has 1 saturated carbocycles. The van der Waals surface area contributed by atoms with E-state index in [1.54, 1.807) is 0 Å². The van der Waals surface area contributed by atoms with Crippen LogP contribution in [0.2, 0.25) is 0 Å². The number of hydrogen-bond donors (Lipinski definition) is 3. The monoisotopic (exact) mass is 298 g/mol. The highest BCUT2D eigenvalue weighted by Gasteiger charge is 2.31. The van der Waals surface area contributed by atoms with Crippen molar-refractivity contribution in [3.8, 4) is 0 Å². The van der Waals surface area contributed by atoms with Gasteiger partial charge in [0.05, 0.1) is 17.4 Å². The van der Waals surface area contributed by atoms with E-state index in [9.17, 15) is 24.4 Å². The van der Waals surface area contributed by atoms with Crippen molar-refractivity contribution in [1.29, 1.82) is 0 Å². The SMILES string of the molecule is O=C(O)CC(NC1CC1)C(O)c1ccc(F)c([N+](=O)[O-])c1. The van der Waals surface area contributed by atoms with Gasteiger partial charge in [0.1, 0.15) is 0 Å². The van der Waals surface area contributed by atoms with E-state index in [1.165, 1.54) is 6.07 Å². The predicted molar refractivity (Wildman–Crippen MR) is 70.2 cm³/mol. The third-order valence-electron chi connectivity index (χ3n) is 3.31. The van der Waals surface area contributed by atoms with Crippen LogP contribution in [0.4, 0.5) is 10.1 Å². The maximum atomic E-state index is 13.3. The molecule has 114 valence electrons. The first-order valence-corrected chi connectivity index (χ1v) is 6.48. The number of benzene rings is 1. The number of aliphatic hydroxyl groups is 1. The molecule has 1 aliphatic rings. The van der Waals surface area contributed by atoms with Crippen LogP contribution >= 0.6 is 0 Å². The molecule has 0 aliphatic heterocycles. The average Bonchev–Trinajstić information content (AvgIpc) is 3.21. The fourth-order valence-electron chi connectivity index (χ4n) is 2.09. The highest BCUT2D eigenvalue weighted by atomic mass is 19.1. The summed E-state index contributed by atoms with van der Waals surface area (Å²) in [5.41, 5.74) is -0.630. The second-order valence-electron chi connectivity index (χ2n) is 5.06. The minimum absolute atomic E-state index is 0.113. The Balaban J connectivity index is 2.22. The molecule has 21 heavy (non-hydrogen) atoms. The lowest BCUT2D eigenvalue weighted by atomic mass is 9.99. The molecule has 0 saturated heterocycles. The standard InChI is InChI=1S/C13H15FN2O5/c14-9-4-1-7(5-11(9)16(20)21)13(19)10(6-12(17)18)15-8-2-3-8/h1,4-5,8,10,13,15,19H,2-3,6H2,(H,17,18). The van der Waals surface area contributed by atoms with Crippen molar-refractivity contribution < 1.29 is 24.3 Å². The van der Waals surface area contributed by atoms with Crippen molar-refractivity contribution in [2.45, 2.75) is 37.5 Å². The smallest absolute Gasteiger partial charge is 0.305 e. The van der Waals surface area contributed by atoms with Crippen molar-refractivity contribution in [3.05, 3.63) is 39.7 Å². The van der Waals surface area contributed by atoms with Crippen molar-refractivity contribution in [2.75, 3.05) is 0 Å². The van der Waals surface area contributed by atoms with Gasteiger partial charge in [0.25, 0.3) is 0 Å². The molecule has 0 bridgehead atoms. The molecule has 2 atom stereocenters. The van der Waals surface area contributed by atoms with Crippen molar-refractivity contribution in [1.82, 2.24) is 5.32 Å². The van der Waals surface area contributed by atoms with Crippen LogP contribution in [0.25, 0.3) is 0 Å². The first-order chi connectivity index (χ1) is 9.88. The fraction of sp³-hybridized carbons (Fsp3) is 0.462. The van der Waals surface area contributed by atoms with Gasteiger partial charge in [-0.15, -0.1) is 0 Å². The molecule has 2 unspecified atom stereocenters. The van der Waals surface area contributed by atoms with Crippen molar-refractivity contribution in [2.24, 2.45) is 0 Å². The van der Waals surface area contributed by atoms with E-state index < -0.39 is 34.5 Å². The summed E-state index contributed by atoms with van der Waals surface area (Å²) in [4.78, 5) is 20.7. The molecular weight excluding hydrogens is 283 g/mol. The first kappa shape index (κ1) is 15.3.